The first-order chi connectivity index (χ1) is 9.19. The van der Waals surface area contributed by atoms with Crippen molar-refractivity contribution < 1.29 is 15.0 Å². The zero-order valence-corrected chi connectivity index (χ0v) is 10.6. The van der Waals surface area contributed by atoms with Gasteiger partial charge in [0.1, 0.15) is 12.4 Å². The number of aromatic hydroxyl groups is 1. The molecule has 0 bridgehead atoms. The maximum atomic E-state index is 11.9. The van der Waals surface area contributed by atoms with E-state index in [1.165, 1.54) is 29.7 Å². The SMILES string of the molecule is O=C(Nc1ncc(C#CCO)s1)c1cccc(O)c1. The maximum absolute atomic E-state index is 11.9. The standard InChI is InChI=1S/C13H10N2O3S/c16-6-2-5-11-8-14-13(19-11)15-12(18)9-3-1-4-10(17)7-9/h1,3-4,7-8,16-17H,6H2,(H,14,15,18). The Kier molecular flexibility index (Phi) is 4.13. The molecular weight excluding hydrogens is 264 g/mol. The predicted molar refractivity (Wildman–Crippen MR) is 72.1 cm³/mol. The van der Waals surface area contributed by atoms with Crippen molar-refractivity contribution in [2.24, 2.45) is 0 Å². The second-order valence-corrected chi connectivity index (χ2v) is 4.52. The summed E-state index contributed by atoms with van der Waals surface area (Å²) in [5, 5.41) is 20.9. The van der Waals surface area contributed by atoms with Crippen LogP contribution in [0, 0.1) is 11.8 Å². The van der Waals surface area contributed by atoms with E-state index in [0.717, 1.165) is 0 Å². The van der Waals surface area contributed by atoms with E-state index in [1.54, 1.807) is 12.1 Å². The van der Waals surface area contributed by atoms with Crippen molar-refractivity contribution in [1.29, 1.82) is 0 Å². The summed E-state index contributed by atoms with van der Waals surface area (Å²) < 4.78 is 0. The molecule has 0 atom stereocenters. The molecule has 6 heteroatoms. The molecule has 0 saturated heterocycles. The third kappa shape index (κ3) is 3.55. The molecule has 1 heterocycles. The first-order valence-corrected chi connectivity index (χ1v) is 6.16. The summed E-state index contributed by atoms with van der Waals surface area (Å²) in [4.78, 5) is 16.5. The van der Waals surface area contributed by atoms with Gasteiger partial charge in [0.2, 0.25) is 0 Å². The quantitative estimate of drug-likeness (QED) is 0.724. The van der Waals surface area contributed by atoms with Crippen LogP contribution >= 0.6 is 11.3 Å². The van der Waals surface area contributed by atoms with Crippen LogP contribution in [0.5, 0.6) is 5.75 Å². The lowest BCUT2D eigenvalue weighted by Crippen LogP contribution is -2.11. The molecule has 0 aliphatic heterocycles. The molecule has 1 amide bonds. The van der Waals surface area contributed by atoms with Gasteiger partial charge in [0.05, 0.1) is 11.1 Å². The Balaban J connectivity index is 2.09. The second kappa shape index (κ2) is 6.00. The van der Waals surface area contributed by atoms with E-state index < -0.39 is 0 Å². The lowest BCUT2D eigenvalue weighted by atomic mass is 10.2. The lowest BCUT2D eigenvalue weighted by Gasteiger charge is -2.01. The molecule has 2 aromatic rings. The van der Waals surface area contributed by atoms with Gasteiger partial charge < -0.3 is 10.2 Å². The van der Waals surface area contributed by atoms with Crippen molar-refractivity contribution >= 4 is 22.4 Å². The van der Waals surface area contributed by atoms with Gasteiger partial charge in [0.25, 0.3) is 5.91 Å². The van der Waals surface area contributed by atoms with E-state index in [9.17, 15) is 9.90 Å². The van der Waals surface area contributed by atoms with Gasteiger partial charge in [-0.15, -0.1) is 0 Å². The van der Waals surface area contributed by atoms with E-state index >= 15 is 0 Å². The predicted octanol–water partition coefficient (Wildman–Crippen LogP) is 1.44. The van der Waals surface area contributed by atoms with Crippen LogP contribution in [0.4, 0.5) is 5.13 Å². The highest BCUT2D eigenvalue weighted by Crippen LogP contribution is 2.18. The Bertz CT molecular complexity index is 655. The third-order valence-corrected chi connectivity index (χ3v) is 2.95. The van der Waals surface area contributed by atoms with Crippen LogP contribution in [0.1, 0.15) is 15.2 Å². The monoisotopic (exact) mass is 274 g/mol. The molecular formula is C13H10N2O3S. The van der Waals surface area contributed by atoms with Gasteiger partial charge in [0.15, 0.2) is 5.13 Å². The summed E-state index contributed by atoms with van der Waals surface area (Å²) in [5.41, 5.74) is 0.346. The topological polar surface area (TPSA) is 82.5 Å². The zero-order valence-electron chi connectivity index (χ0n) is 9.75. The number of phenols is 1. The van der Waals surface area contributed by atoms with E-state index in [2.05, 4.69) is 22.1 Å². The summed E-state index contributed by atoms with van der Waals surface area (Å²) in [6.45, 7) is -0.219. The average molecular weight is 274 g/mol. The van der Waals surface area contributed by atoms with Crippen LogP contribution in [0.2, 0.25) is 0 Å². The summed E-state index contributed by atoms with van der Waals surface area (Å²) in [7, 11) is 0. The van der Waals surface area contributed by atoms with Crippen molar-refractivity contribution in [3.63, 3.8) is 0 Å². The van der Waals surface area contributed by atoms with Gasteiger partial charge in [-0.2, -0.15) is 0 Å². The van der Waals surface area contributed by atoms with Crippen molar-refractivity contribution in [3.05, 3.63) is 40.9 Å². The summed E-state index contributed by atoms with van der Waals surface area (Å²) in [6, 6.07) is 6.04. The summed E-state index contributed by atoms with van der Waals surface area (Å²) in [5.74, 6) is 4.88. The van der Waals surface area contributed by atoms with E-state index in [-0.39, 0.29) is 18.3 Å². The maximum Gasteiger partial charge on any atom is 0.257 e. The number of hydrogen-bond donors (Lipinski definition) is 3. The van der Waals surface area contributed by atoms with Crippen LogP contribution in [0.25, 0.3) is 0 Å². The molecule has 0 saturated carbocycles. The number of aliphatic hydroxyl groups is 1. The molecule has 2 rings (SSSR count). The molecule has 0 unspecified atom stereocenters. The molecule has 0 aliphatic rings. The Morgan fingerprint density at radius 2 is 2.32 bits per heavy atom. The molecule has 19 heavy (non-hydrogen) atoms. The molecule has 96 valence electrons. The Hall–Kier alpha value is -2.36. The number of carbonyl (C=O) groups is 1. The van der Waals surface area contributed by atoms with Gasteiger partial charge in [0, 0.05) is 5.56 Å². The Morgan fingerprint density at radius 3 is 3.05 bits per heavy atom. The van der Waals surface area contributed by atoms with Gasteiger partial charge in [-0.3, -0.25) is 10.1 Å². The van der Waals surface area contributed by atoms with E-state index in [0.29, 0.717) is 15.6 Å². The van der Waals surface area contributed by atoms with Crippen LogP contribution < -0.4 is 5.32 Å². The molecule has 1 aromatic heterocycles. The minimum absolute atomic E-state index is 0.0290. The highest BCUT2D eigenvalue weighted by atomic mass is 32.1. The zero-order chi connectivity index (χ0) is 13.7. The largest absolute Gasteiger partial charge is 0.508 e. The number of anilines is 1. The van der Waals surface area contributed by atoms with Crippen molar-refractivity contribution in [2.75, 3.05) is 11.9 Å². The number of hydrogen-bond acceptors (Lipinski definition) is 5. The number of amides is 1. The second-order valence-electron chi connectivity index (χ2n) is 3.49. The fraction of sp³-hybridized carbons (Fsp3) is 0.0769. The Morgan fingerprint density at radius 1 is 1.47 bits per heavy atom. The number of thiazole rings is 1. The minimum atomic E-state index is -0.355. The fourth-order valence-corrected chi connectivity index (χ4v) is 2.02. The minimum Gasteiger partial charge on any atom is -0.508 e. The first kappa shape index (κ1) is 13.1. The smallest absolute Gasteiger partial charge is 0.257 e. The Labute approximate surface area is 113 Å². The number of benzene rings is 1. The molecule has 5 nitrogen and oxygen atoms in total. The molecule has 1 aromatic carbocycles. The average Bonchev–Trinajstić information content (AvgIpc) is 2.84. The van der Waals surface area contributed by atoms with E-state index in [4.69, 9.17) is 5.11 Å². The van der Waals surface area contributed by atoms with Crippen molar-refractivity contribution in [3.8, 4) is 17.6 Å². The van der Waals surface area contributed by atoms with Crippen molar-refractivity contribution in [2.45, 2.75) is 0 Å². The van der Waals surface area contributed by atoms with Crippen LogP contribution in [-0.2, 0) is 0 Å². The number of carbonyl (C=O) groups excluding carboxylic acids is 1. The van der Waals surface area contributed by atoms with Crippen LogP contribution in [0.3, 0.4) is 0 Å². The number of rotatable bonds is 2. The van der Waals surface area contributed by atoms with Gasteiger partial charge in [-0.1, -0.05) is 29.2 Å². The number of nitrogens with zero attached hydrogens (tertiary/aromatic N) is 1. The highest BCUT2D eigenvalue weighted by molar-refractivity contribution is 7.16. The number of aromatic nitrogens is 1. The number of nitrogens with one attached hydrogen (secondary N) is 1. The third-order valence-electron chi connectivity index (χ3n) is 2.13. The van der Waals surface area contributed by atoms with Gasteiger partial charge in [-0.05, 0) is 18.2 Å². The highest BCUT2D eigenvalue weighted by Gasteiger charge is 2.08. The summed E-state index contributed by atoms with van der Waals surface area (Å²) in [6.07, 6.45) is 1.52. The molecule has 3 N–H and O–H groups in total. The fourth-order valence-electron chi connectivity index (χ4n) is 1.33. The molecule has 0 radical (unpaired) electrons. The van der Waals surface area contributed by atoms with Crippen LogP contribution in [0.15, 0.2) is 30.5 Å². The lowest BCUT2D eigenvalue weighted by molar-refractivity contribution is 0.102. The first-order valence-electron chi connectivity index (χ1n) is 5.35. The van der Waals surface area contributed by atoms with Crippen molar-refractivity contribution in [1.82, 2.24) is 4.98 Å². The van der Waals surface area contributed by atoms with Gasteiger partial charge in [-0.25, -0.2) is 4.98 Å². The summed E-state index contributed by atoms with van der Waals surface area (Å²) >= 11 is 1.21. The number of phenolic OH excluding ortho intramolecular Hbond substituents is 1. The normalized spacial score (nSPS) is 9.53. The molecule has 0 aliphatic carbocycles. The molecule has 0 fully saturated rings. The number of aliphatic hydroxyl groups excluding tert-OH is 1. The molecule has 0 spiro atoms. The van der Waals surface area contributed by atoms with E-state index in [1.807, 2.05) is 0 Å². The van der Waals surface area contributed by atoms with Gasteiger partial charge >= 0.3 is 0 Å². The van der Waals surface area contributed by atoms with Crippen LogP contribution in [-0.4, -0.2) is 27.7 Å².